The lowest BCUT2D eigenvalue weighted by Crippen LogP contribution is -2.26. The first-order chi connectivity index (χ1) is 11.5. The van der Waals surface area contributed by atoms with Crippen molar-refractivity contribution in [2.45, 2.75) is 13.5 Å². The zero-order valence-electron chi connectivity index (χ0n) is 12.8. The SMILES string of the molecule is Cc1nc(C(=O)Nc2cccn(Cc3ccc(F)cc3)c2=O)cs1. The number of hydrogen-bond acceptors (Lipinski definition) is 4. The van der Waals surface area contributed by atoms with Gasteiger partial charge in [-0.1, -0.05) is 12.1 Å². The van der Waals surface area contributed by atoms with E-state index in [1.807, 2.05) is 0 Å². The maximum atomic E-state index is 13.0. The number of amides is 1. The molecule has 0 spiro atoms. The van der Waals surface area contributed by atoms with Crippen LogP contribution in [0.3, 0.4) is 0 Å². The minimum atomic E-state index is -0.420. The van der Waals surface area contributed by atoms with Gasteiger partial charge in [-0.25, -0.2) is 9.37 Å². The third-order valence-electron chi connectivity index (χ3n) is 3.39. The van der Waals surface area contributed by atoms with Gasteiger partial charge < -0.3 is 9.88 Å². The second-order valence-electron chi connectivity index (χ2n) is 5.19. The molecule has 1 aromatic carbocycles. The molecule has 0 radical (unpaired) electrons. The lowest BCUT2D eigenvalue weighted by molar-refractivity contribution is 0.102. The minimum Gasteiger partial charge on any atom is -0.316 e. The summed E-state index contributed by atoms with van der Waals surface area (Å²) in [5, 5.41) is 5.01. The van der Waals surface area contributed by atoms with Crippen LogP contribution >= 0.6 is 11.3 Å². The molecule has 0 unspecified atom stereocenters. The summed E-state index contributed by atoms with van der Waals surface area (Å²) in [6, 6.07) is 9.14. The topological polar surface area (TPSA) is 64.0 Å². The fraction of sp³-hybridized carbons (Fsp3) is 0.118. The Morgan fingerprint density at radius 3 is 2.71 bits per heavy atom. The molecule has 2 heterocycles. The van der Waals surface area contributed by atoms with Crippen LogP contribution in [0.5, 0.6) is 0 Å². The zero-order valence-corrected chi connectivity index (χ0v) is 13.6. The van der Waals surface area contributed by atoms with Crippen molar-refractivity contribution in [2.75, 3.05) is 5.32 Å². The molecule has 2 aromatic heterocycles. The van der Waals surface area contributed by atoms with Crippen molar-refractivity contribution in [1.29, 1.82) is 0 Å². The summed E-state index contributed by atoms with van der Waals surface area (Å²) in [6.07, 6.45) is 1.62. The number of hydrogen-bond donors (Lipinski definition) is 1. The molecule has 0 saturated carbocycles. The number of nitrogens with zero attached hydrogens (tertiary/aromatic N) is 2. The molecule has 1 N–H and O–H groups in total. The monoisotopic (exact) mass is 343 g/mol. The van der Waals surface area contributed by atoms with E-state index in [0.29, 0.717) is 6.54 Å². The van der Waals surface area contributed by atoms with Crippen LogP contribution in [-0.4, -0.2) is 15.5 Å². The van der Waals surface area contributed by atoms with Crippen molar-refractivity contribution in [2.24, 2.45) is 0 Å². The summed E-state index contributed by atoms with van der Waals surface area (Å²) >= 11 is 1.37. The standard InChI is InChI=1S/C17H14FN3O2S/c1-11-19-15(10-24-11)16(22)20-14-3-2-8-21(17(14)23)9-12-4-6-13(18)7-5-12/h2-8,10H,9H2,1H3,(H,20,22). The number of carbonyl (C=O) groups is 1. The number of benzene rings is 1. The van der Waals surface area contributed by atoms with Crippen molar-refractivity contribution >= 4 is 22.9 Å². The fourth-order valence-corrected chi connectivity index (χ4v) is 2.79. The number of halogens is 1. The highest BCUT2D eigenvalue weighted by atomic mass is 32.1. The number of pyridine rings is 1. The first kappa shape index (κ1) is 16.1. The van der Waals surface area contributed by atoms with Gasteiger partial charge in [0.15, 0.2) is 0 Å². The summed E-state index contributed by atoms with van der Waals surface area (Å²) in [6.45, 7) is 2.10. The predicted octanol–water partition coefficient (Wildman–Crippen LogP) is 3.05. The molecule has 0 aliphatic carbocycles. The van der Waals surface area contributed by atoms with Gasteiger partial charge in [-0.2, -0.15) is 0 Å². The van der Waals surface area contributed by atoms with Crippen LogP contribution in [0.1, 0.15) is 21.1 Å². The van der Waals surface area contributed by atoms with Gasteiger partial charge in [0, 0.05) is 11.6 Å². The maximum Gasteiger partial charge on any atom is 0.275 e. The van der Waals surface area contributed by atoms with E-state index in [1.54, 1.807) is 42.8 Å². The summed E-state index contributed by atoms with van der Waals surface area (Å²) in [5.74, 6) is -0.748. The summed E-state index contributed by atoms with van der Waals surface area (Å²) in [4.78, 5) is 28.7. The minimum absolute atomic E-state index is 0.176. The lowest BCUT2D eigenvalue weighted by atomic mass is 10.2. The highest BCUT2D eigenvalue weighted by molar-refractivity contribution is 7.09. The normalized spacial score (nSPS) is 10.6. The molecular weight excluding hydrogens is 329 g/mol. The highest BCUT2D eigenvalue weighted by Crippen LogP contribution is 2.10. The first-order valence-corrected chi connectivity index (χ1v) is 8.08. The number of rotatable bonds is 4. The first-order valence-electron chi connectivity index (χ1n) is 7.20. The van der Waals surface area contributed by atoms with E-state index >= 15 is 0 Å². The number of anilines is 1. The van der Waals surface area contributed by atoms with Crippen molar-refractivity contribution in [3.63, 3.8) is 0 Å². The molecule has 0 aliphatic heterocycles. The number of aryl methyl sites for hydroxylation is 1. The molecule has 0 bridgehead atoms. The van der Waals surface area contributed by atoms with Crippen LogP contribution in [0.2, 0.25) is 0 Å². The molecule has 3 rings (SSSR count). The molecule has 24 heavy (non-hydrogen) atoms. The second kappa shape index (κ2) is 6.76. The molecule has 0 atom stereocenters. The Kier molecular flexibility index (Phi) is 4.52. The predicted molar refractivity (Wildman–Crippen MR) is 91.0 cm³/mol. The van der Waals surface area contributed by atoms with E-state index in [1.165, 1.54) is 28.0 Å². The van der Waals surface area contributed by atoms with Gasteiger partial charge in [0.05, 0.1) is 11.6 Å². The van der Waals surface area contributed by atoms with Crippen molar-refractivity contribution in [1.82, 2.24) is 9.55 Å². The van der Waals surface area contributed by atoms with Crippen LogP contribution in [-0.2, 0) is 6.54 Å². The Morgan fingerprint density at radius 2 is 2.04 bits per heavy atom. The Bertz CT molecular complexity index is 932. The average Bonchev–Trinajstić information content (AvgIpc) is 3.00. The summed E-state index contributed by atoms with van der Waals surface area (Å²) in [5.41, 5.74) is 0.917. The Balaban J connectivity index is 1.81. The zero-order chi connectivity index (χ0) is 17.1. The Labute approximate surface area is 141 Å². The van der Waals surface area contributed by atoms with Crippen molar-refractivity contribution in [3.05, 3.63) is 80.4 Å². The number of nitrogens with one attached hydrogen (secondary N) is 1. The van der Waals surface area contributed by atoms with E-state index in [2.05, 4.69) is 10.3 Å². The van der Waals surface area contributed by atoms with Gasteiger partial charge in [-0.3, -0.25) is 9.59 Å². The fourth-order valence-electron chi connectivity index (χ4n) is 2.20. The molecule has 3 aromatic rings. The van der Waals surface area contributed by atoms with E-state index in [9.17, 15) is 14.0 Å². The number of thiazole rings is 1. The summed E-state index contributed by atoms with van der Waals surface area (Å²) in [7, 11) is 0. The van der Waals surface area contributed by atoms with Crippen LogP contribution in [0.25, 0.3) is 0 Å². The van der Waals surface area contributed by atoms with E-state index in [4.69, 9.17) is 0 Å². The molecule has 122 valence electrons. The number of aromatic nitrogens is 2. The average molecular weight is 343 g/mol. The van der Waals surface area contributed by atoms with Gasteiger partial charge in [0.1, 0.15) is 17.2 Å². The third kappa shape index (κ3) is 3.57. The van der Waals surface area contributed by atoms with Gasteiger partial charge in [-0.15, -0.1) is 11.3 Å². The highest BCUT2D eigenvalue weighted by Gasteiger charge is 2.12. The molecule has 0 saturated heterocycles. The molecule has 7 heteroatoms. The largest absolute Gasteiger partial charge is 0.316 e. The summed E-state index contributed by atoms with van der Waals surface area (Å²) < 4.78 is 14.4. The smallest absolute Gasteiger partial charge is 0.275 e. The van der Waals surface area contributed by atoms with E-state index in [0.717, 1.165) is 10.6 Å². The van der Waals surface area contributed by atoms with Crippen LogP contribution in [0.15, 0.2) is 52.8 Å². The van der Waals surface area contributed by atoms with Crippen LogP contribution in [0.4, 0.5) is 10.1 Å². The molecular formula is C17H14FN3O2S. The number of carbonyl (C=O) groups excluding carboxylic acids is 1. The molecule has 0 aliphatic rings. The van der Waals surface area contributed by atoms with Gasteiger partial charge in [0.25, 0.3) is 11.5 Å². The maximum absolute atomic E-state index is 13.0. The van der Waals surface area contributed by atoms with Gasteiger partial charge in [0.2, 0.25) is 0 Å². The van der Waals surface area contributed by atoms with E-state index in [-0.39, 0.29) is 22.8 Å². The van der Waals surface area contributed by atoms with Gasteiger partial charge >= 0.3 is 0 Å². The molecule has 5 nitrogen and oxygen atoms in total. The Morgan fingerprint density at radius 1 is 1.29 bits per heavy atom. The van der Waals surface area contributed by atoms with Gasteiger partial charge in [-0.05, 0) is 36.8 Å². The van der Waals surface area contributed by atoms with E-state index < -0.39 is 5.91 Å². The lowest BCUT2D eigenvalue weighted by Gasteiger charge is -2.09. The van der Waals surface area contributed by atoms with Crippen molar-refractivity contribution in [3.8, 4) is 0 Å². The van der Waals surface area contributed by atoms with Crippen molar-refractivity contribution < 1.29 is 9.18 Å². The molecule has 1 amide bonds. The second-order valence-corrected chi connectivity index (χ2v) is 6.25. The third-order valence-corrected chi connectivity index (χ3v) is 4.16. The van der Waals surface area contributed by atoms with Crippen LogP contribution in [0, 0.1) is 12.7 Å². The van der Waals surface area contributed by atoms with Crippen LogP contribution < -0.4 is 10.9 Å². The Hall–Kier alpha value is -2.80. The quantitative estimate of drug-likeness (QED) is 0.792. The molecule has 0 fully saturated rings.